The van der Waals surface area contributed by atoms with Gasteiger partial charge in [-0.3, -0.25) is 15.0 Å². The summed E-state index contributed by atoms with van der Waals surface area (Å²) in [4.78, 5) is 25.2. The molecule has 0 aliphatic carbocycles. The van der Waals surface area contributed by atoms with Crippen molar-refractivity contribution in [2.75, 3.05) is 11.6 Å². The molecule has 1 saturated heterocycles. The van der Waals surface area contributed by atoms with Crippen molar-refractivity contribution in [3.63, 3.8) is 0 Å². The fraction of sp³-hybridized carbons (Fsp3) is 0.154. The van der Waals surface area contributed by atoms with Crippen molar-refractivity contribution in [2.24, 2.45) is 0 Å². The maximum absolute atomic E-state index is 12.8. The topological polar surface area (TPSA) is 67.9 Å². The molecular formula is C26H24N2O4. The van der Waals surface area contributed by atoms with Crippen LogP contribution in [0.25, 0.3) is 6.08 Å². The number of para-hydroxylation sites is 1. The van der Waals surface area contributed by atoms with Gasteiger partial charge in [0, 0.05) is 0 Å². The van der Waals surface area contributed by atoms with Crippen molar-refractivity contribution in [1.82, 2.24) is 5.43 Å². The average molecular weight is 428 g/mol. The summed E-state index contributed by atoms with van der Waals surface area (Å²) in [5, 5.41) is 1.25. The minimum atomic E-state index is -0.448. The van der Waals surface area contributed by atoms with Gasteiger partial charge in [-0.25, -0.2) is 5.01 Å². The monoisotopic (exact) mass is 428 g/mol. The molecule has 0 radical (unpaired) electrons. The van der Waals surface area contributed by atoms with Crippen molar-refractivity contribution in [2.45, 2.75) is 20.5 Å². The molecule has 3 aromatic rings. The maximum Gasteiger partial charge on any atom is 0.282 e. The largest absolute Gasteiger partial charge is 0.490 e. The van der Waals surface area contributed by atoms with Gasteiger partial charge in [0.2, 0.25) is 0 Å². The van der Waals surface area contributed by atoms with E-state index in [4.69, 9.17) is 9.47 Å². The van der Waals surface area contributed by atoms with E-state index < -0.39 is 11.8 Å². The van der Waals surface area contributed by atoms with Crippen molar-refractivity contribution in [3.8, 4) is 11.5 Å². The molecule has 162 valence electrons. The summed E-state index contributed by atoms with van der Waals surface area (Å²) in [6.45, 7) is 4.80. The lowest BCUT2D eigenvalue weighted by Crippen LogP contribution is -2.35. The van der Waals surface area contributed by atoms with E-state index in [1.807, 2.05) is 38.1 Å². The molecule has 0 spiro atoms. The van der Waals surface area contributed by atoms with E-state index in [0.29, 0.717) is 36.0 Å². The summed E-state index contributed by atoms with van der Waals surface area (Å²) in [5.74, 6) is 0.305. The Hall–Kier alpha value is -4.06. The quantitative estimate of drug-likeness (QED) is 0.446. The van der Waals surface area contributed by atoms with E-state index in [1.54, 1.807) is 48.5 Å². The predicted molar refractivity (Wildman–Crippen MR) is 123 cm³/mol. The standard InChI is InChI=1S/C26H24N2O4/c1-3-31-24-16-19(12-13-23(24)32-17-20-9-7-8-18(2)14-20)15-22-25(29)27-28(26(22)30)21-10-5-4-6-11-21/h4-16H,3,17H2,1-2H3,(H,27,29)/b22-15-. The number of amides is 2. The molecular weight excluding hydrogens is 404 g/mol. The first-order valence-electron chi connectivity index (χ1n) is 10.4. The Kier molecular flexibility index (Phi) is 6.22. The number of nitrogens with one attached hydrogen (secondary N) is 1. The summed E-state index contributed by atoms with van der Waals surface area (Å²) in [5.41, 5.74) is 6.17. The van der Waals surface area contributed by atoms with Crippen LogP contribution in [-0.2, 0) is 16.2 Å². The minimum Gasteiger partial charge on any atom is -0.490 e. The molecule has 0 bridgehead atoms. The fourth-order valence-electron chi connectivity index (χ4n) is 3.45. The van der Waals surface area contributed by atoms with Gasteiger partial charge in [-0.15, -0.1) is 0 Å². The number of carbonyl (C=O) groups is 2. The number of anilines is 1. The summed E-state index contributed by atoms with van der Waals surface area (Å²) < 4.78 is 11.7. The molecule has 0 atom stereocenters. The van der Waals surface area contributed by atoms with Crippen molar-refractivity contribution in [3.05, 3.63) is 95.1 Å². The number of rotatable bonds is 7. The molecule has 0 aromatic heterocycles. The minimum absolute atomic E-state index is 0.0599. The van der Waals surface area contributed by atoms with E-state index in [-0.39, 0.29) is 5.57 Å². The Morgan fingerprint density at radius 3 is 2.47 bits per heavy atom. The van der Waals surface area contributed by atoms with Crippen LogP contribution >= 0.6 is 0 Å². The molecule has 1 aliphatic rings. The number of carbonyl (C=O) groups excluding carboxylic acids is 2. The Morgan fingerprint density at radius 1 is 0.906 bits per heavy atom. The molecule has 0 unspecified atom stereocenters. The van der Waals surface area contributed by atoms with E-state index in [9.17, 15) is 9.59 Å². The zero-order valence-corrected chi connectivity index (χ0v) is 18.0. The highest BCUT2D eigenvalue weighted by Gasteiger charge is 2.34. The van der Waals surface area contributed by atoms with Gasteiger partial charge in [-0.05, 0) is 55.3 Å². The zero-order chi connectivity index (χ0) is 22.5. The lowest BCUT2D eigenvalue weighted by Gasteiger charge is -2.14. The second kappa shape index (κ2) is 9.39. The van der Waals surface area contributed by atoms with Gasteiger partial charge in [-0.2, -0.15) is 0 Å². The lowest BCUT2D eigenvalue weighted by atomic mass is 10.1. The number of hydrazine groups is 1. The van der Waals surface area contributed by atoms with E-state index in [1.165, 1.54) is 10.6 Å². The highest BCUT2D eigenvalue weighted by Crippen LogP contribution is 2.31. The Bertz CT molecular complexity index is 1170. The third-order valence-electron chi connectivity index (χ3n) is 4.96. The molecule has 6 nitrogen and oxygen atoms in total. The first-order valence-corrected chi connectivity index (χ1v) is 10.4. The summed E-state index contributed by atoms with van der Waals surface area (Å²) in [6, 6.07) is 22.5. The van der Waals surface area contributed by atoms with Crippen molar-refractivity contribution in [1.29, 1.82) is 0 Å². The molecule has 3 aromatic carbocycles. The van der Waals surface area contributed by atoms with Crippen LogP contribution in [0.3, 0.4) is 0 Å². The summed E-state index contributed by atoms with van der Waals surface area (Å²) >= 11 is 0. The van der Waals surface area contributed by atoms with Crippen molar-refractivity contribution >= 4 is 23.6 Å². The van der Waals surface area contributed by atoms with Crippen LogP contribution in [0.15, 0.2) is 78.4 Å². The molecule has 0 saturated carbocycles. The highest BCUT2D eigenvalue weighted by atomic mass is 16.5. The van der Waals surface area contributed by atoms with Gasteiger partial charge in [0.15, 0.2) is 11.5 Å². The van der Waals surface area contributed by atoms with Gasteiger partial charge in [0.05, 0.1) is 12.3 Å². The summed E-state index contributed by atoms with van der Waals surface area (Å²) in [6.07, 6.45) is 1.56. The number of hydrogen-bond acceptors (Lipinski definition) is 4. The van der Waals surface area contributed by atoms with Gasteiger partial charge >= 0.3 is 0 Å². The number of aryl methyl sites for hydroxylation is 1. The first kappa shape index (κ1) is 21.2. The molecule has 1 heterocycles. The second-order valence-corrected chi connectivity index (χ2v) is 7.39. The number of hydrogen-bond donors (Lipinski definition) is 1. The first-order chi connectivity index (χ1) is 15.5. The molecule has 32 heavy (non-hydrogen) atoms. The Balaban J connectivity index is 1.56. The van der Waals surface area contributed by atoms with Gasteiger partial charge in [-0.1, -0.05) is 54.1 Å². The van der Waals surface area contributed by atoms with Crippen LogP contribution in [0.2, 0.25) is 0 Å². The van der Waals surface area contributed by atoms with Gasteiger partial charge < -0.3 is 9.47 Å². The number of ether oxygens (including phenoxy) is 2. The van der Waals surface area contributed by atoms with E-state index in [0.717, 1.165) is 5.56 Å². The smallest absolute Gasteiger partial charge is 0.282 e. The molecule has 6 heteroatoms. The van der Waals surface area contributed by atoms with Crippen LogP contribution in [-0.4, -0.2) is 18.4 Å². The molecule has 4 rings (SSSR count). The fourth-order valence-corrected chi connectivity index (χ4v) is 3.45. The summed E-state index contributed by atoms with van der Waals surface area (Å²) in [7, 11) is 0. The third-order valence-corrected chi connectivity index (χ3v) is 4.96. The number of nitrogens with zero attached hydrogens (tertiary/aromatic N) is 1. The molecule has 1 aliphatic heterocycles. The van der Waals surface area contributed by atoms with Gasteiger partial charge in [0.25, 0.3) is 11.8 Å². The Labute approximate surface area is 187 Å². The molecule has 1 fully saturated rings. The van der Waals surface area contributed by atoms with Crippen LogP contribution in [0.4, 0.5) is 5.69 Å². The van der Waals surface area contributed by atoms with Crippen LogP contribution in [0.5, 0.6) is 11.5 Å². The highest BCUT2D eigenvalue weighted by molar-refractivity contribution is 6.31. The molecule has 2 amide bonds. The zero-order valence-electron chi connectivity index (χ0n) is 18.0. The van der Waals surface area contributed by atoms with Crippen LogP contribution < -0.4 is 19.9 Å². The van der Waals surface area contributed by atoms with E-state index >= 15 is 0 Å². The van der Waals surface area contributed by atoms with Crippen LogP contribution in [0, 0.1) is 6.92 Å². The number of benzene rings is 3. The third kappa shape index (κ3) is 4.64. The van der Waals surface area contributed by atoms with Crippen LogP contribution in [0.1, 0.15) is 23.6 Å². The Morgan fingerprint density at radius 2 is 1.72 bits per heavy atom. The lowest BCUT2D eigenvalue weighted by molar-refractivity contribution is -0.117. The van der Waals surface area contributed by atoms with Gasteiger partial charge in [0.1, 0.15) is 12.2 Å². The normalized spacial score (nSPS) is 14.6. The van der Waals surface area contributed by atoms with E-state index in [2.05, 4.69) is 11.5 Å². The maximum atomic E-state index is 12.8. The van der Waals surface area contributed by atoms with Crippen molar-refractivity contribution < 1.29 is 19.1 Å². The molecule has 1 N–H and O–H groups in total. The average Bonchev–Trinajstić information content (AvgIpc) is 3.08. The SMILES string of the molecule is CCOc1cc(/C=C2/C(=O)NN(c3ccccc3)C2=O)ccc1OCc1cccc(C)c1. The second-order valence-electron chi connectivity index (χ2n) is 7.39. The predicted octanol–water partition coefficient (Wildman–Crippen LogP) is 4.43.